The van der Waals surface area contributed by atoms with E-state index in [2.05, 4.69) is 14.9 Å². The normalized spacial score (nSPS) is 18.7. The van der Waals surface area contributed by atoms with Crippen LogP contribution >= 0.6 is 0 Å². The molecule has 0 aliphatic carbocycles. The van der Waals surface area contributed by atoms with E-state index in [1.165, 1.54) is 0 Å². The molecule has 24 heavy (non-hydrogen) atoms. The Kier molecular flexibility index (Phi) is 4.40. The first-order valence-corrected chi connectivity index (χ1v) is 8.07. The SMILES string of the molecule is c1cncc(CO[C@H]2COCCN(c3nc4ccccc4o3)C2)c1. The van der Waals surface area contributed by atoms with E-state index in [9.17, 15) is 0 Å². The number of anilines is 1. The van der Waals surface area contributed by atoms with Crippen LogP contribution in [0.15, 0.2) is 53.2 Å². The summed E-state index contributed by atoms with van der Waals surface area (Å²) in [5.74, 6) is 0. The monoisotopic (exact) mass is 325 g/mol. The molecule has 1 aliphatic heterocycles. The number of nitrogens with zero attached hydrogens (tertiary/aromatic N) is 3. The molecule has 1 fully saturated rings. The molecule has 3 heterocycles. The summed E-state index contributed by atoms with van der Waals surface area (Å²) in [6.07, 6.45) is 3.53. The van der Waals surface area contributed by atoms with Crippen LogP contribution < -0.4 is 4.90 Å². The molecule has 3 aromatic rings. The third-order valence-corrected chi connectivity index (χ3v) is 3.99. The zero-order chi connectivity index (χ0) is 16.2. The van der Waals surface area contributed by atoms with E-state index in [1.807, 2.05) is 42.6 Å². The molecule has 0 radical (unpaired) electrons. The Bertz CT molecular complexity index is 757. The minimum absolute atomic E-state index is 0.0391. The van der Waals surface area contributed by atoms with Crippen molar-refractivity contribution in [3.8, 4) is 0 Å². The molecular weight excluding hydrogens is 306 g/mol. The second-order valence-electron chi connectivity index (χ2n) is 5.78. The van der Waals surface area contributed by atoms with E-state index >= 15 is 0 Å². The van der Waals surface area contributed by atoms with Gasteiger partial charge >= 0.3 is 0 Å². The highest BCUT2D eigenvalue weighted by Crippen LogP contribution is 2.23. The Morgan fingerprint density at radius 1 is 1.21 bits per heavy atom. The number of benzene rings is 1. The second-order valence-corrected chi connectivity index (χ2v) is 5.78. The summed E-state index contributed by atoms with van der Waals surface area (Å²) in [5.41, 5.74) is 2.71. The number of aromatic nitrogens is 2. The van der Waals surface area contributed by atoms with E-state index in [0.717, 1.165) is 23.2 Å². The molecule has 0 unspecified atom stereocenters. The predicted molar refractivity (Wildman–Crippen MR) is 89.9 cm³/mol. The van der Waals surface area contributed by atoms with E-state index in [-0.39, 0.29) is 6.10 Å². The lowest BCUT2D eigenvalue weighted by molar-refractivity contribution is -0.00815. The summed E-state index contributed by atoms with van der Waals surface area (Å²) >= 11 is 0. The number of para-hydroxylation sites is 2. The molecule has 0 N–H and O–H groups in total. The van der Waals surface area contributed by atoms with Gasteiger partial charge in [-0.25, -0.2) is 0 Å². The molecule has 4 rings (SSSR count). The lowest BCUT2D eigenvalue weighted by Crippen LogP contribution is -2.34. The molecule has 0 bridgehead atoms. The van der Waals surface area contributed by atoms with Gasteiger partial charge in [-0.05, 0) is 23.8 Å². The van der Waals surface area contributed by atoms with Crippen LogP contribution in [0.3, 0.4) is 0 Å². The fraction of sp³-hybridized carbons (Fsp3) is 0.333. The summed E-state index contributed by atoms with van der Waals surface area (Å²) in [4.78, 5) is 10.8. The van der Waals surface area contributed by atoms with Gasteiger partial charge in [-0.15, -0.1) is 0 Å². The summed E-state index contributed by atoms with van der Waals surface area (Å²) in [7, 11) is 0. The van der Waals surface area contributed by atoms with Crippen molar-refractivity contribution in [2.75, 3.05) is 31.2 Å². The molecule has 6 heteroatoms. The number of rotatable bonds is 4. The molecular formula is C18H19N3O3. The fourth-order valence-corrected chi connectivity index (χ4v) is 2.75. The molecule has 124 valence electrons. The minimum Gasteiger partial charge on any atom is -0.423 e. The smallest absolute Gasteiger partial charge is 0.298 e. The standard InChI is InChI=1S/C18H19N3O3/c1-2-6-17-16(5-1)20-18(24-17)21-8-9-22-13-15(11-21)23-12-14-4-3-7-19-10-14/h1-7,10,15H,8-9,11-13H2/t15-/m1/s1. The van der Waals surface area contributed by atoms with Gasteiger partial charge in [-0.3, -0.25) is 4.98 Å². The van der Waals surface area contributed by atoms with Gasteiger partial charge in [0.05, 0.1) is 32.5 Å². The molecule has 1 aromatic carbocycles. The van der Waals surface area contributed by atoms with Crippen molar-refractivity contribution < 1.29 is 13.9 Å². The van der Waals surface area contributed by atoms with Crippen LogP contribution in [0, 0.1) is 0 Å². The fourth-order valence-electron chi connectivity index (χ4n) is 2.75. The van der Waals surface area contributed by atoms with Gasteiger partial charge in [0.25, 0.3) is 6.01 Å². The topological polar surface area (TPSA) is 60.6 Å². The first kappa shape index (κ1) is 15.1. The van der Waals surface area contributed by atoms with E-state index in [4.69, 9.17) is 13.9 Å². The van der Waals surface area contributed by atoms with Gasteiger partial charge in [0.2, 0.25) is 0 Å². The van der Waals surface area contributed by atoms with Crippen LogP contribution in [-0.2, 0) is 16.1 Å². The third kappa shape index (κ3) is 3.39. The number of oxazole rings is 1. The van der Waals surface area contributed by atoms with Crippen LogP contribution in [0.25, 0.3) is 11.1 Å². The van der Waals surface area contributed by atoms with Crippen LogP contribution in [0.5, 0.6) is 0 Å². The van der Waals surface area contributed by atoms with Crippen molar-refractivity contribution >= 4 is 17.1 Å². The van der Waals surface area contributed by atoms with Gasteiger partial charge in [-0.2, -0.15) is 4.98 Å². The maximum atomic E-state index is 6.00. The van der Waals surface area contributed by atoms with Gasteiger partial charge in [0.1, 0.15) is 5.52 Å². The lowest BCUT2D eigenvalue weighted by Gasteiger charge is -2.22. The van der Waals surface area contributed by atoms with Crippen molar-refractivity contribution in [3.63, 3.8) is 0 Å². The van der Waals surface area contributed by atoms with Crippen LogP contribution in [0.1, 0.15) is 5.56 Å². The highest BCUT2D eigenvalue weighted by atomic mass is 16.5. The molecule has 1 saturated heterocycles. The van der Waals surface area contributed by atoms with E-state index in [0.29, 0.717) is 32.4 Å². The Balaban J connectivity index is 1.45. The number of ether oxygens (including phenoxy) is 2. The average Bonchev–Trinajstić information content (AvgIpc) is 2.92. The highest BCUT2D eigenvalue weighted by molar-refractivity contribution is 5.74. The van der Waals surface area contributed by atoms with E-state index in [1.54, 1.807) is 6.20 Å². The zero-order valence-corrected chi connectivity index (χ0v) is 13.3. The Labute approximate surface area is 140 Å². The summed E-state index contributed by atoms with van der Waals surface area (Å²) in [6.45, 7) is 3.14. The maximum Gasteiger partial charge on any atom is 0.298 e. The minimum atomic E-state index is -0.0391. The second kappa shape index (κ2) is 6.98. The highest BCUT2D eigenvalue weighted by Gasteiger charge is 2.23. The molecule has 1 aliphatic rings. The zero-order valence-electron chi connectivity index (χ0n) is 13.3. The van der Waals surface area contributed by atoms with Gasteiger partial charge in [0, 0.05) is 18.9 Å². The Hall–Kier alpha value is -2.44. The Morgan fingerprint density at radius 2 is 2.17 bits per heavy atom. The van der Waals surface area contributed by atoms with Gasteiger partial charge < -0.3 is 18.8 Å². The van der Waals surface area contributed by atoms with Gasteiger partial charge in [0.15, 0.2) is 5.58 Å². The van der Waals surface area contributed by atoms with E-state index < -0.39 is 0 Å². The van der Waals surface area contributed by atoms with Crippen molar-refractivity contribution in [1.29, 1.82) is 0 Å². The van der Waals surface area contributed by atoms with Gasteiger partial charge in [-0.1, -0.05) is 18.2 Å². The molecule has 0 saturated carbocycles. The van der Waals surface area contributed by atoms with Crippen molar-refractivity contribution in [2.45, 2.75) is 12.7 Å². The molecule has 0 spiro atoms. The van der Waals surface area contributed by atoms with Crippen molar-refractivity contribution in [3.05, 3.63) is 54.4 Å². The van der Waals surface area contributed by atoms with Crippen LogP contribution in [0.4, 0.5) is 6.01 Å². The number of pyridine rings is 1. The quantitative estimate of drug-likeness (QED) is 0.735. The molecule has 1 atom stereocenters. The van der Waals surface area contributed by atoms with Crippen LogP contribution in [0.2, 0.25) is 0 Å². The first-order valence-electron chi connectivity index (χ1n) is 8.07. The maximum absolute atomic E-state index is 6.00. The molecule has 2 aromatic heterocycles. The predicted octanol–water partition coefficient (Wildman–Crippen LogP) is 2.64. The number of hydrogen-bond donors (Lipinski definition) is 0. The summed E-state index contributed by atoms with van der Waals surface area (Å²) in [5, 5.41) is 0. The summed E-state index contributed by atoms with van der Waals surface area (Å²) < 4.78 is 17.5. The van der Waals surface area contributed by atoms with Crippen LogP contribution in [-0.4, -0.2) is 42.4 Å². The number of fused-ring (bicyclic) bond motifs is 1. The summed E-state index contributed by atoms with van der Waals surface area (Å²) in [6, 6.07) is 12.3. The first-order chi connectivity index (χ1) is 11.9. The molecule has 6 nitrogen and oxygen atoms in total. The largest absolute Gasteiger partial charge is 0.423 e. The molecule has 0 amide bonds. The number of hydrogen-bond acceptors (Lipinski definition) is 6. The lowest BCUT2D eigenvalue weighted by atomic mass is 10.3. The van der Waals surface area contributed by atoms with Crippen molar-refractivity contribution in [2.24, 2.45) is 0 Å². The average molecular weight is 325 g/mol. The third-order valence-electron chi connectivity index (χ3n) is 3.99. The Morgan fingerprint density at radius 3 is 3.04 bits per heavy atom. The van der Waals surface area contributed by atoms with Crippen molar-refractivity contribution in [1.82, 2.24) is 9.97 Å².